The summed E-state index contributed by atoms with van der Waals surface area (Å²) in [6.45, 7) is -0.592. The Morgan fingerprint density at radius 1 is 1.48 bits per heavy atom. The van der Waals surface area contributed by atoms with Crippen LogP contribution in [0.3, 0.4) is 0 Å². The van der Waals surface area contributed by atoms with E-state index in [-0.39, 0.29) is 17.0 Å². The van der Waals surface area contributed by atoms with Gasteiger partial charge in [0.1, 0.15) is 17.9 Å². The maximum atomic E-state index is 10.9. The predicted octanol–water partition coefficient (Wildman–Crippen LogP) is -0.545. The van der Waals surface area contributed by atoms with E-state index in [0.717, 1.165) is 0 Å². The summed E-state index contributed by atoms with van der Waals surface area (Å²) in [5.41, 5.74) is 14.9. The fraction of sp³-hybridized carbons (Fsp3) is 0.500. The summed E-state index contributed by atoms with van der Waals surface area (Å²) in [6, 6.07) is -1.14. The first-order valence-electron chi connectivity index (χ1n) is 6.82. The number of nitrogens with zero attached hydrogens (tertiary/aromatic N) is 7. The molecule has 1 saturated heterocycles. The largest absolute Gasteiger partial charge is 0.469 e. The smallest absolute Gasteiger partial charge is 0.388 e. The molecule has 2 aromatic heterocycles. The number of phosphoric ester groups is 1. The third-order valence-electron chi connectivity index (χ3n) is 3.59. The van der Waals surface area contributed by atoms with Crippen LogP contribution in [0.1, 0.15) is 6.23 Å². The molecule has 0 radical (unpaired) electrons. The lowest BCUT2D eigenvalue weighted by atomic mass is 10.1. The van der Waals surface area contributed by atoms with Gasteiger partial charge >= 0.3 is 7.82 Å². The lowest BCUT2D eigenvalue weighted by molar-refractivity contribution is -0.0483. The Kier molecular flexibility index (Phi) is 4.58. The zero-order valence-corrected chi connectivity index (χ0v) is 13.3. The van der Waals surface area contributed by atoms with Crippen LogP contribution in [0.5, 0.6) is 0 Å². The molecule has 0 spiro atoms. The van der Waals surface area contributed by atoms with Gasteiger partial charge in [-0.3, -0.25) is 9.09 Å². The number of aromatic nitrogens is 4. The molecule has 2 unspecified atom stereocenters. The van der Waals surface area contributed by atoms with Gasteiger partial charge in [-0.25, -0.2) is 19.5 Å². The van der Waals surface area contributed by atoms with Crippen LogP contribution < -0.4 is 5.73 Å². The van der Waals surface area contributed by atoms with E-state index in [9.17, 15) is 9.67 Å². The van der Waals surface area contributed by atoms with Crippen LogP contribution in [0.25, 0.3) is 21.6 Å². The molecule has 14 nitrogen and oxygen atoms in total. The van der Waals surface area contributed by atoms with Crippen molar-refractivity contribution in [3.05, 3.63) is 23.1 Å². The van der Waals surface area contributed by atoms with Crippen LogP contribution >= 0.6 is 7.82 Å². The summed E-state index contributed by atoms with van der Waals surface area (Å²) in [4.78, 5) is 32.1. The fourth-order valence-electron chi connectivity index (χ4n) is 2.53. The quantitative estimate of drug-likeness (QED) is 0.227. The van der Waals surface area contributed by atoms with Crippen LogP contribution in [-0.2, 0) is 13.8 Å². The monoisotopic (exact) mass is 372 g/mol. The molecule has 1 fully saturated rings. The molecule has 0 amide bonds. The molecular formula is C10H13N8O6P. The Balaban J connectivity index is 1.92. The molecule has 0 aromatic carbocycles. The molecule has 1 aliphatic heterocycles. The highest BCUT2D eigenvalue weighted by molar-refractivity contribution is 7.46. The summed E-state index contributed by atoms with van der Waals surface area (Å²) in [7, 11) is -4.76. The van der Waals surface area contributed by atoms with E-state index in [1.165, 1.54) is 17.2 Å². The lowest BCUT2D eigenvalue weighted by Crippen LogP contribution is -2.32. The predicted molar refractivity (Wildman–Crippen MR) is 80.6 cm³/mol. The molecule has 15 heteroatoms. The Labute approximate surface area is 139 Å². The van der Waals surface area contributed by atoms with Crippen LogP contribution in [0, 0.1) is 0 Å². The zero-order chi connectivity index (χ0) is 18.2. The SMILES string of the molecule is [N-]=[N+]=NC1[C@@H](O)C(n2cnc3c(N)ncnc32)O[C@@H]1COP(=O)(O)O. The van der Waals surface area contributed by atoms with Gasteiger partial charge in [-0.2, -0.15) is 0 Å². The van der Waals surface area contributed by atoms with Gasteiger partial charge in [-0.15, -0.1) is 0 Å². The van der Waals surface area contributed by atoms with Crippen molar-refractivity contribution in [1.29, 1.82) is 0 Å². The molecule has 25 heavy (non-hydrogen) atoms. The number of imidazole rings is 1. The third kappa shape index (κ3) is 3.41. The number of rotatable bonds is 5. The highest BCUT2D eigenvalue weighted by Crippen LogP contribution is 2.39. The zero-order valence-electron chi connectivity index (χ0n) is 12.4. The Morgan fingerprint density at radius 2 is 2.24 bits per heavy atom. The van der Waals surface area contributed by atoms with Crippen molar-refractivity contribution in [3.63, 3.8) is 0 Å². The lowest BCUT2D eigenvalue weighted by Gasteiger charge is -2.16. The molecule has 5 N–H and O–H groups in total. The Hall–Kier alpha value is -2.31. The summed E-state index contributed by atoms with van der Waals surface area (Å²) in [6.07, 6.45) is -1.01. The van der Waals surface area contributed by atoms with E-state index < -0.39 is 38.9 Å². The van der Waals surface area contributed by atoms with Crippen molar-refractivity contribution in [2.75, 3.05) is 12.3 Å². The Morgan fingerprint density at radius 3 is 2.92 bits per heavy atom. The first kappa shape index (κ1) is 17.5. The van der Waals surface area contributed by atoms with E-state index in [2.05, 4.69) is 29.5 Å². The van der Waals surface area contributed by atoms with E-state index in [1.54, 1.807) is 0 Å². The number of hydrogen-bond acceptors (Lipinski definition) is 9. The highest BCUT2D eigenvalue weighted by Gasteiger charge is 2.45. The second-order valence-electron chi connectivity index (χ2n) is 5.12. The molecule has 4 atom stereocenters. The average molecular weight is 372 g/mol. The van der Waals surface area contributed by atoms with Gasteiger partial charge in [0.15, 0.2) is 17.7 Å². The van der Waals surface area contributed by atoms with Gasteiger partial charge in [-0.05, 0) is 5.53 Å². The summed E-state index contributed by atoms with van der Waals surface area (Å²) in [5, 5.41) is 13.8. The maximum absolute atomic E-state index is 10.9. The first-order valence-corrected chi connectivity index (χ1v) is 8.35. The first-order chi connectivity index (χ1) is 11.8. The van der Waals surface area contributed by atoms with Crippen molar-refractivity contribution < 1.29 is 28.7 Å². The topological polar surface area (TPSA) is 215 Å². The molecule has 1 aliphatic rings. The second-order valence-corrected chi connectivity index (χ2v) is 6.36. The number of phosphoric acid groups is 1. The number of azide groups is 1. The van der Waals surface area contributed by atoms with Crippen molar-refractivity contribution in [2.45, 2.75) is 24.5 Å². The number of aliphatic hydroxyl groups excluding tert-OH is 1. The molecule has 0 bridgehead atoms. The molecule has 3 rings (SSSR count). The van der Waals surface area contributed by atoms with Crippen LogP contribution in [0.4, 0.5) is 5.82 Å². The number of anilines is 1. The molecule has 2 aromatic rings. The van der Waals surface area contributed by atoms with Gasteiger partial charge in [0.2, 0.25) is 0 Å². The molecule has 3 heterocycles. The van der Waals surface area contributed by atoms with Crippen molar-refractivity contribution in [1.82, 2.24) is 19.5 Å². The van der Waals surface area contributed by atoms with Crippen molar-refractivity contribution >= 4 is 24.8 Å². The van der Waals surface area contributed by atoms with Gasteiger partial charge in [0, 0.05) is 4.91 Å². The third-order valence-corrected chi connectivity index (χ3v) is 4.08. The van der Waals surface area contributed by atoms with Crippen LogP contribution in [-0.4, -0.2) is 59.3 Å². The number of hydrogen-bond donors (Lipinski definition) is 4. The minimum Gasteiger partial charge on any atom is -0.388 e. The van der Waals surface area contributed by atoms with Gasteiger partial charge in [-0.1, -0.05) is 5.11 Å². The van der Waals surface area contributed by atoms with Crippen molar-refractivity contribution in [3.8, 4) is 0 Å². The molecule has 0 saturated carbocycles. The molecule has 134 valence electrons. The second kappa shape index (κ2) is 6.54. The number of fused-ring (bicyclic) bond motifs is 1. The van der Waals surface area contributed by atoms with Crippen LogP contribution in [0.15, 0.2) is 17.8 Å². The number of nitrogen functional groups attached to an aromatic ring is 1. The van der Waals surface area contributed by atoms with Gasteiger partial charge in [0.25, 0.3) is 0 Å². The summed E-state index contributed by atoms with van der Waals surface area (Å²) in [5.74, 6) is 0.129. The number of aliphatic hydroxyl groups is 1. The summed E-state index contributed by atoms with van der Waals surface area (Å²) >= 11 is 0. The van der Waals surface area contributed by atoms with Crippen LogP contribution in [0.2, 0.25) is 0 Å². The fourth-order valence-corrected chi connectivity index (χ4v) is 2.87. The van der Waals surface area contributed by atoms with Crippen molar-refractivity contribution in [2.24, 2.45) is 5.11 Å². The molecular weight excluding hydrogens is 359 g/mol. The standard InChI is InChI=1S/C10H13N8O6P/c11-8-6-9(14-2-13-8)18(3-15-6)10-7(19)5(16-17-12)4(24-10)1-23-25(20,21)22/h2-5,7,10,19H,1H2,(H2,11,13,14)(H2,20,21,22)/t4-,5?,7-,10?/m1/s1. The number of ether oxygens (including phenoxy) is 1. The number of nitrogens with two attached hydrogens (primary N) is 1. The minimum absolute atomic E-state index is 0.129. The van der Waals surface area contributed by atoms with E-state index in [4.69, 9.17) is 25.8 Å². The summed E-state index contributed by atoms with van der Waals surface area (Å²) < 4.78 is 22.2. The molecule has 0 aliphatic carbocycles. The van der Waals surface area contributed by atoms with E-state index in [0.29, 0.717) is 0 Å². The van der Waals surface area contributed by atoms with Gasteiger partial charge < -0.3 is 25.4 Å². The highest BCUT2D eigenvalue weighted by atomic mass is 31.2. The van der Waals surface area contributed by atoms with E-state index >= 15 is 0 Å². The average Bonchev–Trinajstić information content (AvgIpc) is 3.09. The normalized spacial score (nSPS) is 26.7. The van der Waals surface area contributed by atoms with Gasteiger partial charge in [0.05, 0.1) is 25.1 Å². The Bertz CT molecular complexity index is 877. The maximum Gasteiger partial charge on any atom is 0.469 e. The van der Waals surface area contributed by atoms with E-state index in [1.807, 2.05) is 0 Å². The minimum atomic E-state index is -4.76.